The lowest BCUT2D eigenvalue weighted by atomic mass is 9.95. The number of benzene rings is 1. The first kappa shape index (κ1) is 33.7. The first-order valence-electron chi connectivity index (χ1n) is 15.2. The van der Waals surface area contributed by atoms with Crippen molar-refractivity contribution in [2.45, 2.75) is 154 Å². The minimum Gasteiger partial charge on any atom is -0.417 e. The molecule has 5 atom stereocenters. The van der Waals surface area contributed by atoms with Crippen molar-refractivity contribution in [1.82, 2.24) is 0 Å². The Hall–Kier alpha value is -0.843. The number of aliphatic hydroxyl groups excluding tert-OH is 1. The van der Waals surface area contributed by atoms with Crippen molar-refractivity contribution in [1.29, 1.82) is 0 Å². The standard InChI is InChI=1S/C32H56O7Si/c1-30(2,3)40(8,9)35-20-18-27-22-29(39-32(6,7)38-27)28(33)16-15-25-21-26(37-31(4,5)36-25)17-19-34-23-24-13-11-10-12-14-24/h10-14,25-29,33H,15-23H2,1-9H3/t25-,26+,27-,28-,29-/m1/s1. The Morgan fingerprint density at radius 1 is 0.850 bits per heavy atom. The molecule has 0 radical (unpaired) electrons. The summed E-state index contributed by atoms with van der Waals surface area (Å²) in [7, 11) is -1.81. The van der Waals surface area contributed by atoms with E-state index in [-0.39, 0.29) is 29.5 Å². The lowest BCUT2D eigenvalue weighted by Gasteiger charge is -2.44. The highest BCUT2D eigenvalue weighted by molar-refractivity contribution is 6.74. The third kappa shape index (κ3) is 10.8. The number of rotatable bonds is 13. The molecule has 2 heterocycles. The summed E-state index contributed by atoms with van der Waals surface area (Å²) in [4.78, 5) is 0. The quantitative estimate of drug-likeness (QED) is 0.200. The molecule has 40 heavy (non-hydrogen) atoms. The van der Waals surface area contributed by atoms with Crippen LogP contribution in [-0.4, -0.2) is 68.7 Å². The van der Waals surface area contributed by atoms with Crippen LogP contribution in [0.1, 0.15) is 92.6 Å². The highest BCUT2D eigenvalue weighted by atomic mass is 28.4. The van der Waals surface area contributed by atoms with E-state index < -0.39 is 26.0 Å². The van der Waals surface area contributed by atoms with E-state index in [1.165, 1.54) is 5.56 Å². The lowest BCUT2D eigenvalue weighted by molar-refractivity contribution is -0.316. The maximum absolute atomic E-state index is 11.2. The molecule has 7 nitrogen and oxygen atoms in total. The Kier molecular flexibility index (Phi) is 11.9. The third-order valence-corrected chi connectivity index (χ3v) is 13.0. The predicted octanol–water partition coefficient (Wildman–Crippen LogP) is 6.97. The zero-order valence-electron chi connectivity index (χ0n) is 26.5. The summed E-state index contributed by atoms with van der Waals surface area (Å²) in [6.07, 6.45) is 3.61. The molecule has 0 bridgehead atoms. The Bertz CT molecular complexity index is 883. The topological polar surface area (TPSA) is 75.6 Å². The van der Waals surface area contributed by atoms with Crippen molar-refractivity contribution in [3.05, 3.63) is 35.9 Å². The summed E-state index contributed by atoms with van der Waals surface area (Å²) >= 11 is 0. The van der Waals surface area contributed by atoms with Crippen molar-refractivity contribution >= 4 is 8.32 Å². The SMILES string of the molecule is CC1(C)O[C@H](CC[C@@H](O)[C@H]2C[C@@H](CCO[Si](C)(C)C(C)(C)C)OC(C)(C)O2)C[C@H](CCOCc2ccccc2)O1. The van der Waals surface area contributed by atoms with Gasteiger partial charge in [-0.05, 0) is 77.1 Å². The normalized spacial score (nSPS) is 27.9. The van der Waals surface area contributed by atoms with Crippen LogP contribution >= 0.6 is 0 Å². The second-order valence-electron chi connectivity index (χ2n) is 14.0. The molecule has 0 spiro atoms. The molecule has 0 aromatic heterocycles. The molecular weight excluding hydrogens is 524 g/mol. The Balaban J connectivity index is 1.45. The first-order chi connectivity index (χ1) is 18.6. The van der Waals surface area contributed by atoms with Gasteiger partial charge in [-0.2, -0.15) is 0 Å². The van der Waals surface area contributed by atoms with Crippen molar-refractivity contribution < 1.29 is 33.2 Å². The summed E-state index contributed by atoms with van der Waals surface area (Å²) in [5.41, 5.74) is 1.17. The third-order valence-electron chi connectivity index (χ3n) is 8.43. The summed E-state index contributed by atoms with van der Waals surface area (Å²) < 4.78 is 37.1. The molecular formula is C32H56O7Si. The first-order valence-corrected chi connectivity index (χ1v) is 18.1. The van der Waals surface area contributed by atoms with Crippen molar-refractivity contribution in [3.8, 4) is 0 Å². The van der Waals surface area contributed by atoms with Gasteiger partial charge < -0.3 is 33.2 Å². The fourth-order valence-electron chi connectivity index (χ4n) is 5.32. The zero-order chi connectivity index (χ0) is 29.6. The van der Waals surface area contributed by atoms with Crippen molar-refractivity contribution in [2.24, 2.45) is 0 Å². The highest BCUT2D eigenvalue weighted by Crippen LogP contribution is 2.38. The largest absolute Gasteiger partial charge is 0.417 e. The van der Waals surface area contributed by atoms with Crippen LogP contribution in [0.15, 0.2) is 30.3 Å². The molecule has 1 aromatic rings. The van der Waals surface area contributed by atoms with Crippen LogP contribution < -0.4 is 0 Å². The fourth-order valence-corrected chi connectivity index (χ4v) is 6.38. The van der Waals surface area contributed by atoms with E-state index >= 15 is 0 Å². The van der Waals surface area contributed by atoms with Crippen LogP contribution in [0.5, 0.6) is 0 Å². The Labute approximate surface area is 244 Å². The van der Waals surface area contributed by atoms with Crippen molar-refractivity contribution in [2.75, 3.05) is 13.2 Å². The molecule has 0 aliphatic carbocycles. The van der Waals surface area contributed by atoms with Gasteiger partial charge in [-0.25, -0.2) is 0 Å². The van der Waals surface area contributed by atoms with Crippen LogP contribution in [0.25, 0.3) is 0 Å². The van der Waals surface area contributed by atoms with E-state index in [2.05, 4.69) is 46.0 Å². The van der Waals surface area contributed by atoms with E-state index in [4.69, 9.17) is 28.1 Å². The monoisotopic (exact) mass is 580 g/mol. The van der Waals surface area contributed by atoms with E-state index in [9.17, 15) is 5.11 Å². The van der Waals surface area contributed by atoms with Crippen molar-refractivity contribution in [3.63, 3.8) is 0 Å². The number of ether oxygens (including phenoxy) is 5. The number of hydrogen-bond donors (Lipinski definition) is 1. The fraction of sp³-hybridized carbons (Fsp3) is 0.812. The second-order valence-corrected chi connectivity index (χ2v) is 18.8. The van der Waals surface area contributed by atoms with Gasteiger partial charge in [-0.15, -0.1) is 0 Å². The molecule has 3 rings (SSSR count). The van der Waals surface area contributed by atoms with Gasteiger partial charge in [0.25, 0.3) is 0 Å². The minimum atomic E-state index is -1.81. The average Bonchev–Trinajstić information content (AvgIpc) is 2.83. The van der Waals surface area contributed by atoms with Gasteiger partial charge in [0.15, 0.2) is 19.9 Å². The molecule has 230 valence electrons. The molecule has 2 aliphatic rings. The molecule has 0 unspecified atom stereocenters. The van der Waals surface area contributed by atoms with Gasteiger partial charge in [0, 0.05) is 26.1 Å². The Morgan fingerprint density at radius 2 is 1.40 bits per heavy atom. The maximum atomic E-state index is 11.2. The van der Waals surface area contributed by atoms with Gasteiger partial charge >= 0.3 is 0 Å². The summed E-state index contributed by atoms with van der Waals surface area (Å²) in [6.45, 7) is 21.0. The molecule has 2 aliphatic heterocycles. The van der Waals surface area contributed by atoms with E-state index in [0.29, 0.717) is 32.7 Å². The van der Waals surface area contributed by atoms with Crippen LogP contribution in [0.4, 0.5) is 0 Å². The van der Waals surface area contributed by atoms with E-state index in [1.807, 2.05) is 45.9 Å². The minimum absolute atomic E-state index is 0.00769. The second kappa shape index (κ2) is 14.1. The van der Waals surface area contributed by atoms with Gasteiger partial charge in [-0.3, -0.25) is 0 Å². The van der Waals surface area contributed by atoms with Crippen LogP contribution in [0, 0.1) is 0 Å². The molecule has 0 amide bonds. The van der Waals surface area contributed by atoms with E-state index in [1.54, 1.807) is 0 Å². The summed E-state index contributed by atoms with van der Waals surface area (Å²) in [6, 6.07) is 10.2. The highest BCUT2D eigenvalue weighted by Gasteiger charge is 2.41. The molecule has 8 heteroatoms. The number of hydrogen-bond acceptors (Lipinski definition) is 7. The summed E-state index contributed by atoms with van der Waals surface area (Å²) in [5, 5.41) is 11.4. The molecule has 2 fully saturated rings. The molecule has 1 aromatic carbocycles. The van der Waals surface area contributed by atoms with Gasteiger partial charge in [0.1, 0.15) is 0 Å². The summed E-state index contributed by atoms with van der Waals surface area (Å²) in [5.74, 6) is -1.40. The molecule has 1 N–H and O–H groups in total. The predicted molar refractivity (Wildman–Crippen MR) is 161 cm³/mol. The average molecular weight is 581 g/mol. The van der Waals surface area contributed by atoms with Crippen LogP contribution in [-0.2, 0) is 34.7 Å². The molecule has 2 saturated heterocycles. The Morgan fingerprint density at radius 3 is 2.02 bits per heavy atom. The lowest BCUT2D eigenvalue weighted by Crippen LogP contribution is -2.50. The zero-order valence-corrected chi connectivity index (χ0v) is 27.5. The smallest absolute Gasteiger partial charge is 0.191 e. The van der Waals surface area contributed by atoms with Crippen LogP contribution in [0.3, 0.4) is 0 Å². The van der Waals surface area contributed by atoms with Gasteiger partial charge in [-0.1, -0.05) is 51.1 Å². The molecule has 0 saturated carbocycles. The maximum Gasteiger partial charge on any atom is 0.191 e. The van der Waals surface area contributed by atoms with E-state index in [0.717, 1.165) is 25.7 Å². The number of aliphatic hydroxyl groups is 1. The van der Waals surface area contributed by atoms with Gasteiger partial charge in [0.2, 0.25) is 0 Å². The van der Waals surface area contributed by atoms with Crippen LogP contribution in [0.2, 0.25) is 18.1 Å². The van der Waals surface area contributed by atoms with Gasteiger partial charge in [0.05, 0.1) is 37.1 Å².